The summed E-state index contributed by atoms with van der Waals surface area (Å²) in [5.74, 6) is 0.644. The summed E-state index contributed by atoms with van der Waals surface area (Å²) in [5, 5.41) is 12.5. The molecule has 0 aliphatic rings. The van der Waals surface area contributed by atoms with Gasteiger partial charge in [-0.15, -0.1) is 10.2 Å². The third kappa shape index (κ3) is 2.78. The molecule has 0 saturated carbocycles. The van der Waals surface area contributed by atoms with E-state index in [0.717, 1.165) is 26.7 Å². The molecule has 26 heavy (non-hydrogen) atoms. The molecule has 0 aliphatic heterocycles. The van der Waals surface area contributed by atoms with Gasteiger partial charge >= 0.3 is 0 Å². The van der Waals surface area contributed by atoms with Crippen molar-refractivity contribution >= 4 is 38.4 Å². The van der Waals surface area contributed by atoms with Gasteiger partial charge in [0, 0.05) is 27.3 Å². The molecule has 0 fully saturated rings. The lowest BCUT2D eigenvalue weighted by Gasteiger charge is -2.14. The minimum Gasteiger partial charge on any atom is -0.345 e. The van der Waals surface area contributed by atoms with Crippen molar-refractivity contribution < 1.29 is 4.79 Å². The molecule has 6 nitrogen and oxygen atoms in total. The van der Waals surface area contributed by atoms with Gasteiger partial charge in [0.15, 0.2) is 11.5 Å². The second-order valence-electron chi connectivity index (χ2n) is 6.28. The van der Waals surface area contributed by atoms with Gasteiger partial charge in [-0.2, -0.15) is 0 Å². The Morgan fingerprint density at radius 2 is 1.96 bits per heavy atom. The lowest BCUT2D eigenvalue weighted by molar-refractivity contribution is -0.122. The topological polar surface area (TPSA) is 64.2 Å². The van der Waals surface area contributed by atoms with Crippen LogP contribution in [0.2, 0.25) is 0 Å². The maximum Gasteiger partial charge on any atom is 0.240 e. The highest BCUT2D eigenvalue weighted by Crippen LogP contribution is 2.30. The van der Waals surface area contributed by atoms with Crippen LogP contribution in [0.3, 0.4) is 0 Å². The summed E-state index contributed by atoms with van der Waals surface area (Å²) in [4.78, 5) is 12.7. The highest BCUT2D eigenvalue weighted by atomic mass is 79.9. The second-order valence-corrected chi connectivity index (χ2v) is 7.07. The maximum absolute atomic E-state index is 12.7. The zero-order valence-electron chi connectivity index (χ0n) is 14.5. The molecule has 1 N–H and O–H groups in total. The molecule has 1 unspecified atom stereocenters. The van der Waals surface area contributed by atoms with E-state index in [4.69, 9.17) is 0 Å². The van der Waals surface area contributed by atoms with Gasteiger partial charge in [-0.3, -0.25) is 9.20 Å². The molecule has 0 radical (unpaired) electrons. The SMILES string of the molecule is Cc1c(Br)c2ccccc2n1CC(=O)NC(C)c1nnc2ccccn12. The molecule has 0 saturated heterocycles. The first-order valence-corrected chi connectivity index (χ1v) is 9.18. The Hall–Kier alpha value is -2.67. The molecule has 1 aromatic carbocycles. The van der Waals surface area contributed by atoms with Crippen molar-refractivity contribution in [3.8, 4) is 0 Å². The second kappa shape index (κ2) is 6.57. The Kier molecular flexibility index (Phi) is 4.24. The first-order valence-electron chi connectivity index (χ1n) is 8.38. The summed E-state index contributed by atoms with van der Waals surface area (Å²) >= 11 is 3.63. The predicted octanol–water partition coefficient (Wildman–Crippen LogP) is 3.63. The Bertz CT molecular complexity index is 1110. The van der Waals surface area contributed by atoms with Crippen LogP contribution in [-0.4, -0.2) is 25.1 Å². The monoisotopic (exact) mass is 411 g/mol. The van der Waals surface area contributed by atoms with Gasteiger partial charge in [-0.05, 0) is 48.0 Å². The highest BCUT2D eigenvalue weighted by molar-refractivity contribution is 9.10. The average molecular weight is 412 g/mol. The number of para-hydroxylation sites is 1. The third-order valence-electron chi connectivity index (χ3n) is 4.56. The van der Waals surface area contributed by atoms with E-state index in [-0.39, 0.29) is 18.5 Å². The van der Waals surface area contributed by atoms with Gasteiger partial charge in [0.1, 0.15) is 6.54 Å². The van der Waals surface area contributed by atoms with E-state index in [1.54, 1.807) is 0 Å². The minimum atomic E-state index is -0.245. The molecular weight excluding hydrogens is 394 g/mol. The van der Waals surface area contributed by atoms with E-state index in [1.165, 1.54) is 0 Å². The summed E-state index contributed by atoms with van der Waals surface area (Å²) < 4.78 is 4.93. The number of rotatable bonds is 4. The molecule has 1 atom stereocenters. The van der Waals surface area contributed by atoms with Crippen LogP contribution in [0.4, 0.5) is 0 Å². The van der Waals surface area contributed by atoms with Gasteiger partial charge in [0.25, 0.3) is 0 Å². The van der Waals surface area contributed by atoms with Gasteiger partial charge in [0.2, 0.25) is 5.91 Å². The molecule has 1 amide bonds. The number of hydrogen-bond donors (Lipinski definition) is 1. The zero-order valence-corrected chi connectivity index (χ0v) is 16.1. The third-order valence-corrected chi connectivity index (χ3v) is 5.56. The Morgan fingerprint density at radius 1 is 1.19 bits per heavy atom. The van der Waals surface area contributed by atoms with Gasteiger partial charge in [-0.25, -0.2) is 0 Å². The van der Waals surface area contributed by atoms with Crippen LogP contribution in [-0.2, 0) is 11.3 Å². The first-order chi connectivity index (χ1) is 12.6. The van der Waals surface area contributed by atoms with Crippen LogP contribution < -0.4 is 5.32 Å². The fraction of sp³-hybridized carbons (Fsp3) is 0.211. The van der Waals surface area contributed by atoms with Crippen molar-refractivity contribution in [1.29, 1.82) is 0 Å². The highest BCUT2D eigenvalue weighted by Gasteiger charge is 2.18. The van der Waals surface area contributed by atoms with E-state index < -0.39 is 0 Å². The first kappa shape index (κ1) is 16.8. The van der Waals surface area contributed by atoms with Crippen molar-refractivity contribution in [3.05, 3.63) is 64.7 Å². The summed E-state index contributed by atoms with van der Waals surface area (Å²) in [6.45, 7) is 4.17. The average Bonchev–Trinajstić information content (AvgIpc) is 3.18. The smallest absolute Gasteiger partial charge is 0.240 e. The number of carbonyl (C=O) groups excluding carboxylic acids is 1. The number of nitrogens with zero attached hydrogens (tertiary/aromatic N) is 4. The van der Waals surface area contributed by atoms with Crippen molar-refractivity contribution in [2.24, 2.45) is 0 Å². The molecule has 4 aromatic rings. The fourth-order valence-corrected chi connectivity index (χ4v) is 3.79. The number of hydrogen-bond acceptors (Lipinski definition) is 3. The minimum absolute atomic E-state index is 0.0680. The summed E-state index contributed by atoms with van der Waals surface area (Å²) in [6.07, 6.45) is 1.90. The number of carbonyl (C=O) groups is 1. The quantitative estimate of drug-likeness (QED) is 0.557. The predicted molar refractivity (Wildman–Crippen MR) is 104 cm³/mol. The van der Waals surface area contributed by atoms with Gasteiger partial charge in [0.05, 0.1) is 6.04 Å². The van der Waals surface area contributed by atoms with E-state index in [2.05, 4.69) is 31.4 Å². The number of amides is 1. The summed E-state index contributed by atoms with van der Waals surface area (Å²) in [7, 11) is 0. The number of halogens is 1. The van der Waals surface area contributed by atoms with E-state index >= 15 is 0 Å². The van der Waals surface area contributed by atoms with Crippen LogP contribution in [0.1, 0.15) is 24.5 Å². The van der Waals surface area contributed by atoms with E-state index in [0.29, 0.717) is 5.82 Å². The Labute approximate surface area is 159 Å². The molecule has 7 heteroatoms. The fourth-order valence-electron chi connectivity index (χ4n) is 3.24. The molecular formula is C19H18BrN5O. The molecule has 3 aromatic heterocycles. The van der Waals surface area contributed by atoms with Gasteiger partial charge in [-0.1, -0.05) is 24.3 Å². The van der Waals surface area contributed by atoms with Crippen molar-refractivity contribution in [1.82, 2.24) is 24.5 Å². The summed E-state index contributed by atoms with van der Waals surface area (Å²) in [6, 6.07) is 13.5. The van der Waals surface area contributed by atoms with Gasteiger partial charge < -0.3 is 9.88 Å². The molecule has 0 spiro atoms. The number of pyridine rings is 1. The van der Waals surface area contributed by atoms with Crippen LogP contribution in [0.5, 0.6) is 0 Å². The number of fused-ring (bicyclic) bond motifs is 2. The van der Waals surface area contributed by atoms with Crippen LogP contribution in [0.25, 0.3) is 16.6 Å². The van der Waals surface area contributed by atoms with Crippen LogP contribution >= 0.6 is 15.9 Å². The number of aromatic nitrogens is 4. The van der Waals surface area contributed by atoms with Crippen molar-refractivity contribution in [3.63, 3.8) is 0 Å². The molecule has 0 aliphatic carbocycles. The molecule has 0 bridgehead atoms. The van der Waals surface area contributed by atoms with E-state index in [9.17, 15) is 4.79 Å². The largest absolute Gasteiger partial charge is 0.345 e. The Morgan fingerprint density at radius 3 is 2.81 bits per heavy atom. The molecule has 132 valence electrons. The van der Waals surface area contributed by atoms with Crippen molar-refractivity contribution in [2.75, 3.05) is 0 Å². The van der Waals surface area contributed by atoms with Crippen LogP contribution in [0.15, 0.2) is 53.1 Å². The summed E-state index contributed by atoms with van der Waals surface area (Å²) in [5.41, 5.74) is 2.83. The zero-order chi connectivity index (χ0) is 18.3. The van der Waals surface area contributed by atoms with Crippen LogP contribution in [0, 0.1) is 6.92 Å². The molecule has 3 heterocycles. The lowest BCUT2D eigenvalue weighted by atomic mass is 10.2. The van der Waals surface area contributed by atoms with Crippen molar-refractivity contribution in [2.45, 2.75) is 26.4 Å². The Balaban J connectivity index is 1.57. The lowest BCUT2D eigenvalue weighted by Crippen LogP contribution is -2.31. The number of nitrogens with one attached hydrogen (secondary N) is 1. The standard InChI is InChI=1S/C19H18BrN5O/c1-12(19-23-22-16-9-5-6-10-24(16)19)21-17(26)11-25-13(2)18(20)14-7-3-4-8-15(14)25/h3-10,12H,11H2,1-2H3,(H,21,26). The normalized spacial score (nSPS) is 12.6. The molecule has 4 rings (SSSR count). The number of benzene rings is 1. The maximum atomic E-state index is 12.7. The van der Waals surface area contributed by atoms with E-state index in [1.807, 2.05) is 71.5 Å².